The van der Waals surface area contributed by atoms with Crippen molar-refractivity contribution in [1.82, 2.24) is 15.2 Å². The van der Waals surface area contributed by atoms with Gasteiger partial charge >= 0.3 is 0 Å². The van der Waals surface area contributed by atoms with E-state index in [9.17, 15) is 4.79 Å². The van der Waals surface area contributed by atoms with Gasteiger partial charge in [-0.1, -0.05) is 0 Å². The van der Waals surface area contributed by atoms with Crippen LogP contribution < -0.4 is 5.32 Å². The second-order valence-electron chi connectivity index (χ2n) is 4.68. The highest BCUT2D eigenvalue weighted by Crippen LogP contribution is 2.20. The lowest BCUT2D eigenvalue weighted by molar-refractivity contribution is 0.0472. The van der Waals surface area contributed by atoms with Crippen LogP contribution in [0.25, 0.3) is 0 Å². The summed E-state index contributed by atoms with van der Waals surface area (Å²) in [7, 11) is 0. The van der Waals surface area contributed by atoms with Gasteiger partial charge in [-0.3, -0.25) is 4.79 Å². The number of aromatic nitrogens is 1. The first kappa shape index (κ1) is 11.7. The molecule has 5 heteroatoms. The van der Waals surface area contributed by atoms with Crippen molar-refractivity contribution in [2.45, 2.75) is 19.4 Å². The van der Waals surface area contributed by atoms with E-state index in [4.69, 9.17) is 0 Å². The zero-order valence-electron chi connectivity index (χ0n) is 9.51. The van der Waals surface area contributed by atoms with Crippen LogP contribution in [0.2, 0.25) is 0 Å². The van der Waals surface area contributed by atoms with Crippen LogP contribution in [0.15, 0.2) is 16.7 Å². The van der Waals surface area contributed by atoms with Crippen LogP contribution in [0.3, 0.4) is 0 Å². The van der Waals surface area contributed by atoms with E-state index in [2.05, 4.69) is 40.1 Å². The van der Waals surface area contributed by atoms with Crippen LogP contribution in [0.4, 0.5) is 0 Å². The quantitative estimate of drug-likeness (QED) is 0.824. The summed E-state index contributed by atoms with van der Waals surface area (Å²) < 4.78 is 0.906. The first-order valence-corrected chi connectivity index (χ1v) is 6.16. The highest BCUT2D eigenvalue weighted by atomic mass is 79.9. The fraction of sp³-hybridized carbons (Fsp3) is 0.545. The van der Waals surface area contributed by atoms with Crippen molar-refractivity contribution < 1.29 is 4.79 Å². The number of hydrogen-bond acceptors (Lipinski definition) is 2. The molecule has 1 aliphatic rings. The van der Waals surface area contributed by atoms with E-state index >= 15 is 0 Å². The largest absolute Gasteiger partial charge is 0.356 e. The van der Waals surface area contributed by atoms with Gasteiger partial charge in [0.25, 0.3) is 5.91 Å². The summed E-state index contributed by atoms with van der Waals surface area (Å²) in [6.45, 7) is 6.60. The molecule has 0 atom stereocenters. The second-order valence-corrected chi connectivity index (χ2v) is 5.59. The van der Waals surface area contributed by atoms with Gasteiger partial charge in [0.15, 0.2) is 0 Å². The van der Waals surface area contributed by atoms with Crippen molar-refractivity contribution in [1.29, 1.82) is 0 Å². The second kappa shape index (κ2) is 4.22. The smallest absolute Gasteiger partial charge is 0.270 e. The molecule has 1 fully saturated rings. The number of hydrogen-bond donors (Lipinski definition) is 2. The molecular formula is C11H16BrN3O. The predicted octanol–water partition coefficient (Wildman–Crippen LogP) is 1.60. The van der Waals surface area contributed by atoms with Gasteiger partial charge < -0.3 is 15.2 Å². The number of amides is 1. The van der Waals surface area contributed by atoms with Crippen molar-refractivity contribution in [2.75, 3.05) is 19.6 Å². The number of nitrogens with one attached hydrogen (secondary N) is 2. The van der Waals surface area contributed by atoms with Crippen LogP contribution >= 0.6 is 15.9 Å². The topological polar surface area (TPSA) is 48.1 Å². The van der Waals surface area contributed by atoms with Crippen molar-refractivity contribution in [2.24, 2.45) is 0 Å². The van der Waals surface area contributed by atoms with Gasteiger partial charge in [-0.15, -0.1) is 0 Å². The summed E-state index contributed by atoms with van der Waals surface area (Å²) in [5, 5.41) is 3.30. The molecule has 2 rings (SSSR count). The Bertz CT molecular complexity index is 400. The number of halogens is 1. The molecule has 1 saturated heterocycles. The number of carbonyl (C=O) groups excluding carboxylic acids is 1. The highest BCUT2D eigenvalue weighted by molar-refractivity contribution is 9.10. The van der Waals surface area contributed by atoms with Crippen LogP contribution in [-0.4, -0.2) is 41.0 Å². The molecule has 1 aromatic rings. The zero-order valence-corrected chi connectivity index (χ0v) is 11.1. The number of nitrogens with zero attached hydrogens (tertiary/aromatic N) is 1. The normalized spacial score (nSPS) is 19.8. The molecule has 16 heavy (non-hydrogen) atoms. The maximum Gasteiger partial charge on any atom is 0.270 e. The minimum atomic E-state index is -0.132. The first-order chi connectivity index (χ1) is 7.50. The maximum atomic E-state index is 12.3. The molecule has 0 bridgehead atoms. The average molecular weight is 286 g/mol. The van der Waals surface area contributed by atoms with Crippen LogP contribution in [0, 0.1) is 0 Å². The summed E-state index contributed by atoms with van der Waals surface area (Å²) in [5.41, 5.74) is 0.509. The molecule has 0 radical (unpaired) electrons. The van der Waals surface area contributed by atoms with Crippen molar-refractivity contribution >= 4 is 21.8 Å². The van der Waals surface area contributed by atoms with E-state index in [1.54, 1.807) is 6.20 Å². The number of H-pyrrole nitrogens is 1. The Kier molecular flexibility index (Phi) is 3.08. The molecule has 0 aliphatic carbocycles. The zero-order chi connectivity index (χ0) is 11.8. The highest BCUT2D eigenvalue weighted by Gasteiger charge is 2.34. The third-order valence-corrected chi connectivity index (χ3v) is 3.38. The Labute approximate surface area is 104 Å². The standard InChI is InChI=1S/C11H16BrN3O/c1-11(2)7-13-3-4-15(11)10(16)9-5-8(12)6-14-9/h5-6,13-14H,3-4,7H2,1-2H3. The summed E-state index contributed by atoms with van der Waals surface area (Å²) >= 11 is 3.34. The van der Waals surface area contributed by atoms with Gasteiger partial charge in [0.05, 0.1) is 5.54 Å². The van der Waals surface area contributed by atoms with E-state index in [0.29, 0.717) is 5.69 Å². The van der Waals surface area contributed by atoms with E-state index in [1.807, 2.05) is 11.0 Å². The van der Waals surface area contributed by atoms with Crippen molar-refractivity contribution in [3.8, 4) is 0 Å². The molecule has 0 aromatic carbocycles. The van der Waals surface area contributed by atoms with Gasteiger partial charge in [0.1, 0.15) is 5.69 Å². The third kappa shape index (κ3) is 2.15. The Hall–Kier alpha value is -0.810. The van der Waals surface area contributed by atoms with Crippen molar-refractivity contribution in [3.63, 3.8) is 0 Å². The molecule has 4 nitrogen and oxygen atoms in total. The fourth-order valence-corrected chi connectivity index (χ4v) is 2.34. The van der Waals surface area contributed by atoms with E-state index in [0.717, 1.165) is 24.1 Å². The lowest BCUT2D eigenvalue weighted by Crippen LogP contribution is -2.59. The lowest BCUT2D eigenvalue weighted by atomic mass is 10.00. The van der Waals surface area contributed by atoms with Gasteiger partial charge in [-0.2, -0.15) is 0 Å². The number of carbonyl (C=O) groups is 1. The fourth-order valence-electron chi connectivity index (χ4n) is 2.00. The van der Waals surface area contributed by atoms with Gasteiger partial charge in [-0.05, 0) is 35.8 Å². The summed E-state index contributed by atoms with van der Waals surface area (Å²) in [5.74, 6) is 0.0669. The molecule has 0 spiro atoms. The predicted molar refractivity (Wildman–Crippen MR) is 66.5 cm³/mol. The molecule has 88 valence electrons. The summed E-state index contributed by atoms with van der Waals surface area (Å²) in [6.07, 6.45) is 1.78. The van der Waals surface area contributed by atoms with Gasteiger partial charge in [-0.25, -0.2) is 0 Å². The van der Waals surface area contributed by atoms with Gasteiger partial charge in [0.2, 0.25) is 0 Å². The molecular weight excluding hydrogens is 270 g/mol. The Balaban J connectivity index is 2.20. The monoisotopic (exact) mass is 285 g/mol. The van der Waals surface area contributed by atoms with Crippen LogP contribution in [0.1, 0.15) is 24.3 Å². The van der Waals surface area contributed by atoms with E-state index in [1.165, 1.54) is 0 Å². The Morgan fingerprint density at radius 1 is 1.56 bits per heavy atom. The minimum Gasteiger partial charge on any atom is -0.356 e. The average Bonchev–Trinajstić information content (AvgIpc) is 2.63. The molecule has 1 aromatic heterocycles. The Morgan fingerprint density at radius 3 is 2.88 bits per heavy atom. The summed E-state index contributed by atoms with van der Waals surface area (Å²) in [6, 6.07) is 1.82. The molecule has 0 unspecified atom stereocenters. The first-order valence-electron chi connectivity index (χ1n) is 5.37. The summed E-state index contributed by atoms with van der Waals surface area (Å²) in [4.78, 5) is 17.2. The molecule has 0 saturated carbocycles. The Morgan fingerprint density at radius 2 is 2.31 bits per heavy atom. The van der Waals surface area contributed by atoms with Crippen LogP contribution in [0.5, 0.6) is 0 Å². The van der Waals surface area contributed by atoms with E-state index < -0.39 is 0 Å². The van der Waals surface area contributed by atoms with E-state index in [-0.39, 0.29) is 11.4 Å². The third-order valence-electron chi connectivity index (χ3n) is 2.92. The van der Waals surface area contributed by atoms with Crippen molar-refractivity contribution in [3.05, 3.63) is 22.4 Å². The SMILES string of the molecule is CC1(C)CNCCN1C(=O)c1cc(Br)c[nH]1. The number of aromatic amines is 1. The van der Waals surface area contributed by atoms with Gasteiger partial charge in [0, 0.05) is 30.3 Å². The molecule has 2 N–H and O–H groups in total. The van der Waals surface area contributed by atoms with Crippen LogP contribution in [-0.2, 0) is 0 Å². The maximum absolute atomic E-state index is 12.3. The number of piperazine rings is 1. The lowest BCUT2D eigenvalue weighted by Gasteiger charge is -2.42. The number of rotatable bonds is 1. The minimum absolute atomic E-state index is 0.0669. The molecule has 1 amide bonds. The molecule has 2 heterocycles. The molecule has 1 aliphatic heterocycles.